The third-order valence-electron chi connectivity index (χ3n) is 2.31. The lowest BCUT2D eigenvalue weighted by Gasteiger charge is -2.28. The quantitative estimate of drug-likeness (QED) is 0.681. The Bertz CT molecular complexity index is 278. The van der Waals surface area contributed by atoms with Gasteiger partial charge in [0.15, 0.2) is 0 Å². The molecule has 2 atom stereocenters. The molecular weight excluding hydrogens is 214 g/mol. The maximum atomic E-state index is 11.2. The Morgan fingerprint density at radius 3 is 3.00 bits per heavy atom. The predicted molar refractivity (Wildman–Crippen MR) is 55.0 cm³/mol. The molecule has 2 N–H and O–H groups in total. The standard InChI is InChI=1S/C10H15NO5/c1-2-4-16-10(14)11-8-3-5-15-6-7(8)9(12)13/h2,7-8H,1,3-6H2,(H,11,14)(H,12,13). The van der Waals surface area contributed by atoms with Crippen LogP contribution >= 0.6 is 0 Å². The summed E-state index contributed by atoms with van der Waals surface area (Å²) in [6.07, 6.45) is 1.29. The Labute approximate surface area is 93.2 Å². The molecular formula is C10H15NO5. The van der Waals surface area contributed by atoms with Crippen molar-refractivity contribution >= 4 is 12.1 Å². The van der Waals surface area contributed by atoms with E-state index in [2.05, 4.69) is 11.9 Å². The smallest absolute Gasteiger partial charge is 0.407 e. The van der Waals surface area contributed by atoms with Crippen molar-refractivity contribution < 1.29 is 24.2 Å². The number of hydrogen-bond donors (Lipinski definition) is 2. The van der Waals surface area contributed by atoms with E-state index in [1.54, 1.807) is 0 Å². The number of hydrogen-bond acceptors (Lipinski definition) is 4. The summed E-state index contributed by atoms with van der Waals surface area (Å²) in [6, 6.07) is -0.441. The molecule has 6 nitrogen and oxygen atoms in total. The second-order valence-corrected chi connectivity index (χ2v) is 3.45. The Balaban J connectivity index is 2.46. The molecule has 1 amide bonds. The van der Waals surface area contributed by atoms with Gasteiger partial charge in [0, 0.05) is 12.6 Å². The summed E-state index contributed by atoms with van der Waals surface area (Å²) in [4.78, 5) is 22.1. The second kappa shape index (κ2) is 6.12. The zero-order valence-electron chi connectivity index (χ0n) is 8.85. The molecule has 0 aliphatic carbocycles. The van der Waals surface area contributed by atoms with Crippen LogP contribution in [0.5, 0.6) is 0 Å². The van der Waals surface area contributed by atoms with Gasteiger partial charge in [0.05, 0.1) is 6.61 Å². The number of alkyl carbamates (subject to hydrolysis) is 1. The molecule has 16 heavy (non-hydrogen) atoms. The first-order valence-electron chi connectivity index (χ1n) is 5.00. The third-order valence-corrected chi connectivity index (χ3v) is 2.31. The molecule has 0 aromatic rings. The molecule has 0 bridgehead atoms. The van der Waals surface area contributed by atoms with Crippen molar-refractivity contribution in [2.45, 2.75) is 12.5 Å². The molecule has 1 heterocycles. The second-order valence-electron chi connectivity index (χ2n) is 3.45. The first-order valence-corrected chi connectivity index (χ1v) is 5.00. The van der Waals surface area contributed by atoms with Gasteiger partial charge in [-0.3, -0.25) is 4.79 Å². The van der Waals surface area contributed by atoms with Gasteiger partial charge in [0.1, 0.15) is 12.5 Å². The van der Waals surface area contributed by atoms with E-state index < -0.39 is 24.0 Å². The number of nitrogens with one attached hydrogen (secondary N) is 1. The average molecular weight is 229 g/mol. The predicted octanol–water partition coefficient (Wildman–Crippen LogP) is 0.388. The molecule has 1 rings (SSSR count). The SMILES string of the molecule is C=CCOC(=O)NC1CCOCC1C(=O)O. The monoisotopic (exact) mass is 229 g/mol. The molecule has 0 spiro atoms. The van der Waals surface area contributed by atoms with E-state index in [1.807, 2.05) is 0 Å². The van der Waals surface area contributed by atoms with Crippen molar-refractivity contribution in [3.63, 3.8) is 0 Å². The van der Waals surface area contributed by atoms with Gasteiger partial charge in [-0.05, 0) is 6.42 Å². The highest BCUT2D eigenvalue weighted by Crippen LogP contribution is 2.15. The number of amides is 1. The van der Waals surface area contributed by atoms with Crippen LogP contribution in [-0.2, 0) is 14.3 Å². The molecule has 2 unspecified atom stereocenters. The summed E-state index contributed by atoms with van der Waals surface area (Å²) in [5.74, 6) is -1.70. The summed E-state index contributed by atoms with van der Waals surface area (Å²) in [7, 11) is 0. The highest BCUT2D eigenvalue weighted by atomic mass is 16.5. The molecule has 0 aromatic carbocycles. The highest BCUT2D eigenvalue weighted by Gasteiger charge is 2.32. The van der Waals surface area contributed by atoms with Gasteiger partial charge in [0.25, 0.3) is 0 Å². The fourth-order valence-electron chi connectivity index (χ4n) is 1.48. The lowest BCUT2D eigenvalue weighted by atomic mass is 9.96. The normalized spacial score (nSPS) is 24.5. The average Bonchev–Trinajstić information content (AvgIpc) is 2.27. The zero-order chi connectivity index (χ0) is 12.0. The number of carboxylic acid groups (broad SMARTS) is 1. The number of ether oxygens (including phenoxy) is 2. The van der Waals surface area contributed by atoms with Crippen molar-refractivity contribution in [1.82, 2.24) is 5.32 Å². The molecule has 1 aliphatic heterocycles. The van der Waals surface area contributed by atoms with Crippen LogP contribution in [0.3, 0.4) is 0 Å². The minimum Gasteiger partial charge on any atom is -0.481 e. The van der Waals surface area contributed by atoms with E-state index in [0.717, 1.165) is 0 Å². The van der Waals surface area contributed by atoms with E-state index >= 15 is 0 Å². The van der Waals surface area contributed by atoms with E-state index in [0.29, 0.717) is 13.0 Å². The fraction of sp³-hybridized carbons (Fsp3) is 0.600. The van der Waals surface area contributed by atoms with Crippen LogP contribution in [0.1, 0.15) is 6.42 Å². The first kappa shape index (κ1) is 12.5. The molecule has 1 saturated heterocycles. The molecule has 6 heteroatoms. The van der Waals surface area contributed by atoms with Crippen LogP contribution in [-0.4, -0.2) is 43.0 Å². The lowest BCUT2D eigenvalue weighted by Crippen LogP contribution is -2.48. The number of carbonyl (C=O) groups is 2. The Morgan fingerprint density at radius 2 is 2.38 bits per heavy atom. The fourth-order valence-corrected chi connectivity index (χ4v) is 1.48. The maximum absolute atomic E-state index is 11.2. The van der Waals surface area contributed by atoms with E-state index in [9.17, 15) is 9.59 Å². The van der Waals surface area contributed by atoms with Gasteiger partial charge >= 0.3 is 12.1 Å². The topological polar surface area (TPSA) is 84.9 Å². The molecule has 1 fully saturated rings. The molecule has 1 aliphatic rings. The van der Waals surface area contributed by atoms with Gasteiger partial charge in [-0.2, -0.15) is 0 Å². The van der Waals surface area contributed by atoms with Gasteiger partial charge in [-0.1, -0.05) is 12.7 Å². The van der Waals surface area contributed by atoms with E-state index in [-0.39, 0.29) is 13.2 Å². The van der Waals surface area contributed by atoms with Crippen LogP contribution in [0.25, 0.3) is 0 Å². The molecule has 0 aromatic heterocycles. The summed E-state index contributed by atoms with van der Waals surface area (Å²) >= 11 is 0. The van der Waals surface area contributed by atoms with Crippen LogP contribution < -0.4 is 5.32 Å². The maximum Gasteiger partial charge on any atom is 0.407 e. The van der Waals surface area contributed by atoms with Crippen LogP contribution in [0, 0.1) is 5.92 Å². The number of carbonyl (C=O) groups excluding carboxylic acids is 1. The number of aliphatic carboxylic acids is 1. The number of carboxylic acids is 1. The minimum absolute atomic E-state index is 0.104. The minimum atomic E-state index is -0.978. The van der Waals surface area contributed by atoms with Crippen molar-refractivity contribution in [1.29, 1.82) is 0 Å². The largest absolute Gasteiger partial charge is 0.481 e. The Hall–Kier alpha value is -1.56. The van der Waals surface area contributed by atoms with Crippen molar-refractivity contribution in [2.24, 2.45) is 5.92 Å². The van der Waals surface area contributed by atoms with Crippen molar-refractivity contribution in [3.05, 3.63) is 12.7 Å². The zero-order valence-corrected chi connectivity index (χ0v) is 8.85. The van der Waals surface area contributed by atoms with Crippen LogP contribution in [0.4, 0.5) is 4.79 Å². The van der Waals surface area contributed by atoms with Gasteiger partial charge in [-0.15, -0.1) is 0 Å². The van der Waals surface area contributed by atoms with Crippen molar-refractivity contribution in [2.75, 3.05) is 19.8 Å². The highest BCUT2D eigenvalue weighted by molar-refractivity contribution is 5.73. The lowest BCUT2D eigenvalue weighted by molar-refractivity contribution is -0.147. The van der Waals surface area contributed by atoms with Crippen LogP contribution in [0.15, 0.2) is 12.7 Å². The van der Waals surface area contributed by atoms with Crippen molar-refractivity contribution in [3.8, 4) is 0 Å². The summed E-state index contributed by atoms with van der Waals surface area (Å²) in [6.45, 7) is 4.06. The van der Waals surface area contributed by atoms with Gasteiger partial charge < -0.3 is 19.9 Å². The van der Waals surface area contributed by atoms with E-state index in [1.165, 1.54) is 6.08 Å². The summed E-state index contributed by atoms with van der Waals surface area (Å²) in [5.41, 5.74) is 0. The molecule has 0 radical (unpaired) electrons. The number of rotatable bonds is 4. The van der Waals surface area contributed by atoms with Gasteiger partial charge in [0.2, 0.25) is 0 Å². The Morgan fingerprint density at radius 1 is 1.62 bits per heavy atom. The molecule has 90 valence electrons. The molecule has 0 saturated carbocycles. The van der Waals surface area contributed by atoms with Gasteiger partial charge in [-0.25, -0.2) is 4.79 Å². The third kappa shape index (κ3) is 3.54. The van der Waals surface area contributed by atoms with Crippen LogP contribution in [0.2, 0.25) is 0 Å². The Kier molecular flexibility index (Phi) is 4.78. The first-order chi connectivity index (χ1) is 7.65. The summed E-state index contributed by atoms with van der Waals surface area (Å²) < 4.78 is 9.77. The summed E-state index contributed by atoms with van der Waals surface area (Å²) in [5, 5.41) is 11.4. The van der Waals surface area contributed by atoms with E-state index in [4.69, 9.17) is 14.6 Å².